The van der Waals surface area contributed by atoms with E-state index in [0.29, 0.717) is 5.56 Å². The van der Waals surface area contributed by atoms with Gasteiger partial charge in [-0.15, -0.1) is 11.3 Å². The maximum Gasteiger partial charge on any atom is 0.255 e. The van der Waals surface area contributed by atoms with Gasteiger partial charge in [-0.05, 0) is 56.3 Å². The highest BCUT2D eigenvalue weighted by molar-refractivity contribution is 7.13. The molecule has 7 heteroatoms. The number of aromatic nitrogens is 4. The average molecular weight is 418 g/mol. The lowest BCUT2D eigenvalue weighted by Gasteiger charge is -2.29. The second-order valence-corrected chi connectivity index (χ2v) is 8.76. The summed E-state index contributed by atoms with van der Waals surface area (Å²) in [5.74, 6) is 0.0250. The van der Waals surface area contributed by atoms with Gasteiger partial charge in [0, 0.05) is 19.3 Å². The number of rotatable bonds is 5. The monoisotopic (exact) mass is 417 g/mol. The Labute approximate surface area is 179 Å². The van der Waals surface area contributed by atoms with Crippen LogP contribution in [-0.4, -0.2) is 36.6 Å². The molecule has 152 valence electrons. The molecule has 4 heterocycles. The molecule has 6 nitrogen and oxygen atoms in total. The van der Waals surface area contributed by atoms with Crippen molar-refractivity contribution in [3.63, 3.8) is 0 Å². The molecule has 1 aliphatic rings. The van der Waals surface area contributed by atoms with Gasteiger partial charge in [0.1, 0.15) is 0 Å². The molecular formula is C23H23N5OS. The van der Waals surface area contributed by atoms with Crippen LogP contribution >= 0.6 is 11.3 Å². The summed E-state index contributed by atoms with van der Waals surface area (Å²) in [4.78, 5) is 26.4. The Balaban J connectivity index is 1.66. The predicted molar refractivity (Wildman–Crippen MR) is 118 cm³/mol. The quantitative estimate of drug-likeness (QED) is 0.469. The van der Waals surface area contributed by atoms with Gasteiger partial charge in [-0.25, -0.2) is 4.98 Å². The lowest BCUT2D eigenvalue weighted by Crippen LogP contribution is -2.36. The summed E-state index contributed by atoms with van der Waals surface area (Å²) in [6.45, 7) is 4.00. The summed E-state index contributed by atoms with van der Waals surface area (Å²) < 4.78 is 1.77. The van der Waals surface area contributed by atoms with Crippen molar-refractivity contribution >= 4 is 28.3 Å². The zero-order chi connectivity index (χ0) is 20.8. The highest BCUT2D eigenvalue weighted by atomic mass is 32.1. The van der Waals surface area contributed by atoms with Crippen LogP contribution in [0.3, 0.4) is 0 Å². The van der Waals surface area contributed by atoms with Crippen molar-refractivity contribution in [3.05, 3.63) is 64.9 Å². The Hall–Kier alpha value is -3.06. The van der Waals surface area contributed by atoms with Crippen LogP contribution in [-0.2, 0) is 7.05 Å². The van der Waals surface area contributed by atoms with Crippen LogP contribution in [0.4, 0.5) is 0 Å². The van der Waals surface area contributed by atoms with Gasteiger partial charge in [-0.1, -0.05) is 12.1 Å². The first-order valence-electron chi connectivity index (χ1n) is 10.2. The van der Waals surface area contributed by atoms with E-state index in [4.69, 9.17) is 4.98 Å². The van der Waals surface area contributed by atoms with E-state index >= 15 is 0 Å². The molecule has 30 heavy (non-hydrogen) atoms. The van der Waals surface area contributed by atoms with Gasteiger partial charge in [0.25, 0.3) is 5.91 Å². The number of hydrogen-bond donors (Lipinski definition) is 0. The van der Waals surface area contributed by atoms with Crippen molar-refractivity contribution in [2.75, 3.05) is 0 Å². The lowest BCUT2D eigenvalue weighted by molar-refractivity contribution is 0.0672. The molecule has 1 unspecified atom stereocenters. The molecule has 1 amide bonds. The average Bonchev–Trinajstić information content (AvgIpc) is 3.34. The molecule has 1 fully saturated rings. The van der Waals surface area contributed by atoms with Crippen molar-refractivity contribution in [2.24, 2.45) is 7.05 Å². The molecule has 1 saturated carbocycles. The van der Waals surface area contributed by atoms with Crippen molar-refractivity contribution < 1.29 is 4.79 Å². The van der Waals surface area contributed by atoms with E-state index in [-0.39, 0.29) is 18.0 Å². The fourth-order valence-corrected chi connectivity index (χ4v) is 4.77. The molecule has 1 aliphatic carbocycles. The summed E-state index contributed by atoms with van der Waals surface area (Å²) in [5, 5.41) is 7.41. The van der Waals surface area contributed by atoms with Gasteiger partial charge in [-0.3, -0.25) is 14.5 Å². The first kappa shape index (κ1) is 18.9. The topological polar surface area (TPSA) is 63.9 Å². The number of aryl methyl sites for hydroxylation is 2. The third-order valence-electron chi connectivity index (χ3n) is 5.68. The Morgan fingerprint density at radius 3 is 2.77 bits per heavy atom. The Kier molecular flexibility index (Phi) is 4.62. The van der Waals surface area contributed by atoms with Crippen LogP contribution in [0, 0.1) is 6.92 Å². The number of pyridine rings is 2. The number of carbonyl (C=O) groups is 1. The smallest absolute Gasteiger partial charge is 0.255 e. The zero-order valence-electron chi connectivity index (χ0n) is 17.2. The van der Waals surface area contributed by atoms with E-state index < -0.39 is 0 Å². The fourth-order valence-electron chi connectivity index (χ4n) is 4.08. The van der Waals surface area contributed by atoms with E-state index in [1.54, 1.807) is 22.2 Å². The summed E-state index contributed by atoms with van der Waals surface area (Å²) in [7, 11) is 1.88. The van der Waals surface area contributed by atoms with Crippen molar-refractivity contribution in [1.82, 2.24) is 24.6 Å². The van der Waals surface area contributed by atoms with E-state index in [1.807, 2.05) is 60.6 Å². The van der Waals surface area contributed by atoms with Gasteiger partial charge in [0.15, 0.2) is 5.65 Å². The molecule has 4 aromatic heterocycles. The summed E-state index contributed by atoms with van der Waals surface area (Å²) in [6, 6.07) is 12.0. The Morgan fingerprint density at radius 2 is 2.10 bits per heavy atom. The third-order valence-corrected chi connectivity index (χ3v) is 6.57. The van der Waals surface area contributed by atoms with E-state index in [9.17, 15) is 4.79 Å². The molecule has 0 aromatic carbocycles. The maximum absolute atomic E-state index is 14.0. The summed E-state index contributed by atoms with van der Waals surface area (Å²) in [5.41, 5.74) is 3.95. The Morgan fingerprint density at radius 1 is 1.27 bits per heavy atom. The van der Waals surface area contributed by atoms with E-state index in [1.165, 1.54) is 0 Å². The second kappa shape index (κ2) is 7.32. The lowest BCUT2D eigenvalue weighted by atomic mass is 10.1. The first-order chi connectivity index (χ1) is 14.5. The minimum Gasteiger partial charge on any atom is -0.327 e. The van der Waals surface area contributed by atoms with E-state index in [0.717, 1.165) is 45.8 Å². The molecule has 0 N–H and O–H groups in total. The molecule has 0 bridgehead atoms. The molecule has 0 radical (unpaired) electrons. The molecule has 0 aliphatic heterocycles. The predicted octanol–water partition coefficient (Wildman–Crippen LogP) is 4.77. The minimum absolute atomic E-state index is 0.0250. The van der Waals surface area contributed by atoms with Crippen molar-refractivity contribution in [3.8, 4) is 10.6 Å². The number of fused-ring (bicyclic) bond motifs is 1. The Bertz CT molecular complexity index is 1210. The van der Waals surface area contributed by atoms with Gasteiger partial charge in [0.2, 0.25) is 0 Å². The molecule has 1 atom stereocenters. The standard InChI is InChI=1S/C23H23N5OS/c1-14-21-17(13-19(20-8-6-12-30-20)25-22(21)27(3)26-14)23(29)28(16-9-10-16)15(2)18-7-4-5-11-24-18/h4-8,11-13,15-16H,9-10H2,1-3H3. The summed E-state index contributed by atoms with van der Waals surface area (Å²) >= 11 is 1.62. The van der Waals surface area contributed by atoms with Crippen LogP contribution in [0.5, 0.6) is 0 Å². The maximum atomic E-state index is 14.0. The van der Waals surface area contributed by atoms with Crippen LogP contribution in [0.2, 0.25) is 0 Å². The largest absolute Gasteiger partial charge is 0.327 e. The highest BCUT2D eigenvalue weighted by Crippen LogP contribution is 2.37. The normalized spacial score (nSPS) is 14.8. The van der Waals surface area contributed by atoms with Crippen LogP contribution in [0.25, 0.3) is 21.6 Å². The molecule has 0 spiro atoms. The fraction of sp³-hybridized carbons (Fsp3) is 0.304. The first-order valence-corrected chi connectivity index (χ1v) is 11.0. The third kappa shape index (κ3) is 3.19. The minimum atomic E-state index is -0.100. The zero-order valence-corrected chi connectivity index (χ0v) is 18.1. The summed E-state index contributed by atoms with van der Waals surface area (Å²) in [6.07, 6.45) is 3.84. The molecule has 0 saturated heterocycles. The number of amides is 1. The number of thiophene rings is 1. The van der Waals surface area contributed by atoms with E-state index in [2.05, 4.69) is 17.0 Å². The number of hydrogen-bond acceptors (Lipinski definition) is 5. The van der Waals surface area contributed by atoms with Gasteiger partial charge in [-0.2, -0.15) is 5.10 Å². The molecule has 5 rings (SSSR count). The van der Waals surface area contributed by atoms with Crippen LogP contribution < -0.4 is 0 Å². The van der Waals surface area contributed by atoms with Crippen molar-refractivity contribution in [1.29, 1.82) is 0 Å². The number of carbonyl (C=O) groups excluding carboxylic acids is 1. The van der Waals surface area contributed by atoms with Crippen LogP contribution in [0.15, 0.2) is 48.0 Å². The van der Waals surface area contributed by atoms with Gasteiger partial charge in [0.05, 0.1) is 39.0 Å². The van der Waals surface area contributed by atoms with Gasteiger partial charge < -0.3 is 4.90 Å². The molecule has 4 aromatic rings. The number of nitrogens with zero attached hydrogens (tertiary/aromatic N) is 5. The highest BCUT2D eigenvalue weighted by Gasteiger charge is 2.38. The van der Waals surface area contributed by atoms with Gasteiger partial charge >= 0.3 is 0 Å². The second-order valence-electron chi connectivity index (χ2n) is 7.81. The molecular weight excluding hydrogens is 394 g/mol. The van der Waals surface area contributed by atoms with Crippen LogP contribution in [0.1, 0.15) is 47.6 Å². The van der Waals surface area contributed by atoms with Crippen molar-refractivity contribution in [2.45, 2.75) is 38.8 Å². The SMILES string of the molecule is Cc1nn(C)c2nc(-c3cccs3)cc(C(=O)N(C3CC3)C(C)c3ccccn3)c12.